The lowest BCUT2D eigenvalue weighted by molar-refractivity contribution is 0.723. The van der Waals surface area contributed by atoms with Crippen molar-refractivity contribution < 1.29 is 0 Å². The second-order valence-electron chi connectivity index (χ2n) is 6.61. The monoisotopic (exact) mass is 274 g/mol. The van der Waals surface area contributed by atoms with Crippen LogP contribution in [0.5, 0.6) is 0 Å². The fourth-order valence-corrected chi connectivity index (χ4v) is 4.63. The van der Waals surface area contributed by atoms with Gasteiger partial charge in [-0.3, -0.25) is 0 Å². The molecule has 1 rings (SSSR count). The van der Waals surface area contributed by atoms with Crippen LogP contribution in [0.1, 0.15) is 46.5 Å². The highest BCUT2D eigenvalue weighted by atomic mass is 28.3. The van der Waals surface area contributed by atoms with E-state index < -0.39 is 8.07 Å². The van der Waals surface area contributed by atoms with Crippen molar-refractivity contribution in [3.63, 3.8) is 0 Å². The zero-order valence-electron chi connectivity index (χ0n) is 13.4. The van der Waals surface area contributed by atoms with Crippen molar-refractivity contribution in [2.75, 3.05) is 0 Å². The molecule has 0 bridgehead atoms. The average Bonchev–Trinajstić information content (AvgIpc) is 2.39. The first-order valence-corrected chi connectivity index (χ1v) is 10.6. The van der Waals surface area contributed by atoms with Crippen molar-refractivity contribution >= 4 is 13.3 Å². The number of unbranched alkanes of at least 4 members (excludes halogenated alkanes) is 3. The fraction of sp³-hybridized carbons (Fsp3) is 0.556. The van der Waals surface area contributed by atoms with Crippen LogP contribution in [0.15, 0.2) is 42.5 Å². The van der Waals surface area contributed by atoms with Gasteiger partial charge in [0.2, 0.25) is 0 Å². The summed E-state index contributed by atoms with van der Waals surface area (Å²) in [6.07, 6.45) is 10.1. The Morgan fingerprint density at radius 1 is 1.05 bits per heavy atom. The van der Waals surface area contributed by atoms with Crippen LogP contribution in [0.3, 0.4) is 0 Å². The molecule has 1 heteroatoms. The summed E-state index contributed by atoms with van der Waals surface area (Å²) in [5.74, 6) is 0. The third-order valence-corrected chi connectivity index (χ3v) is 9.78. The van der Waals surface area contributed by atoms with E-state index in [1.54, 1.807) is 5.19 Å². The summed E-state index contributed by atoms with van der Waals surface area (Å²) < 4.78 is 0. The van der Waals surface area contributed by atoms with Crippen LogP contribution >= 0.6 is 0 Å². The van der Waals surface area contributed by atoms with Gasteiger partial charge < -0.3 is 0 Å². The maximum atomic E-state index is 2.48. The summed E-state index contributed by atoms with van der Waals surface area (Å²) >= 11 is 0. The van der Waals surface area contributed by atoms with Gasteiger partial charge in [-0.25, -0.2) is 0 Å². The quantitative estimate of drug-likeness (QED) is 0.349. The van der Waals surface area contributed by atoms with E-state index in [0.717, 1.165) is 0 Å². The van der Waals surface area contributed by atoms with E-state index in [0.29, 0.717) is 5.04 Å². The fourth-order valence-electron chi connectivity index (χ4n) is 2.33. The summed E-state index contributed by atoms with van der Waals surface area (Å²) in [4.78, 5) is 0. The summed E-state index contributed by atoms with van der Waals surface area (Å²) in [5.41, 5.74) is 0. The summed E-state index contributed by atoms with van der Waals surface area (Å²) in [7, 11) is -1.46. The lowest BCUT2D eigenvalue weighted by atomic mass is 10.1. The van der Waals surface area contributed by atoms with Gasteiger partial charge >= 0.3 is 0 Å². The third kappa shape index (κ3) is 4.34. The lowest BCUT2D eigenvalue weighted by Crippen LogP contribution is -2.49. The van der Waals surface area contributed by atoms with Gasteiger partial charge in [0.05, 0.1) is 8.07 Å². The van der Waals surface area contributed by atoms with Crippen molar-refractivity contribution in [2.45, 2.75) is 64.6 Å². The number of hydrogen-bond acceptors (Lipinski definition) is 0. The van der Waals surface area contributed by atoms with Crippen molar-refractivity contribution in [3.8, 4) is 0 Å². The second-order valence-corrected chi connectivity index (χ2v) is 11.7. The first-order valence-electron chi connectivity index (χ1n) is 7.65. The third-order valence-electron chi connectivity index (χ3n) is 4.62. The first kappa shape index (κ1) is 16.2. The van der Waals surface area contributed by atoms with Gasteiger partial charge in [-0.2, -0.15) is 0 Å². The minimum Gasteiger partial charge on any atom is -0.0883 e. The largest absolute Gasteiger partial charge is 0.0898 e. The zero-order chi connectivity index (χ0) is 14.4. The van der Waals surface area contributed by atoms with Crippen LogP contribution in [0, 0.1) is 0 Å². The number of rotatable bonds is 7. The van der Waals surface area contributed by atoms with Crippen molar-refractivity contribution in [1.82, 2.24) is 0 Å². The molecule has 19 heavy (non-hydrogen) atoms. The van der Waals surface area contributed by atoms with Gasteiger partial charge in [-0.15, -0.1) is 0 Å². The van der Waals surface area contributed by atoms with E-state index in [1.165, 1.54) is 25.7 Å². The Morgan fingerprint density at radius 3 is 2.26 bits per heavy atom. The highest BCUT2D eigenvalue weighted by Crippen LogP contribution is 2.38. The molecule has 0 radical (unpaired) electrons. The molecule has 0 heterocycles. The molecule has 0 amide bonds. The van der Waals surface area contributed by atoms with Gasteiger partial charge in [-0.05, 0) is 17.9 Å². The molecular formula is C18H30Si. The van der Waals surface area contributed by atoms with E-state index in [2.05, 4.69) is 76.3 Å². The Labute approximate surface area is 121 Å². The van der Waals surface area contributed by atoms with Crippen LogP contribution in [-0.2, 0) is 0 Å². The molecule has 0 aliphatic heterocycles. The van der Waals surface area contributed by atoms with E-state index in [9.17, 15) is 0 Å². The van der Waals surface area contributed by atoms with Gasteiger partial charge in [0.25, 0.3) is 0 Å². The molecule has 1 aromatic carbocycles. The van der Waals surface area contributed by atoms with Crippen molar-refractivity contribution in [2.24, 2.45) is 0 Å². The van der Waals surface area contributed by atoms with E-state index in [1.807, 2.05) is 0 Å². The topological polar surface area (TPSA) is 0 Å². The molecule has 0 nitrogen and oxygen atoms in total. The lowest BCUT2D eigenvalue weighted by Gasteiger charge is -2.38. The highest BCUT2D eigenvalue weighted by molar-refractivity contribution is 6.92. The Kier molecular flexibility index (Phi) is 6.06. The maximum Gasteiger partial charge on any atom is 0.0898 e. The molecule has 0 saturated heterocycles. The Balaban J connectivity index is 2.75. The normalized spacial score (nSPS) is 13.1. The first-order chi connectivity index (χ1) is 8.92. The van der Waals surface area contributed by atoms with E-state index in [4.69, 9.17) is 0 Å². The summed E-state index contributed by atoms with van der Waals surface area (Å²) in [6, 6.07) is 11.1. The highest BCUT2D eigenvalue weighted by Gasteiger charge is 2.38. The van der Waals surface area contributed by atoms with Crippen LogP contribution in [0.2, 0.25) is 18.1 Å². The molecular weight excluding hydrogens is 244 g/mol. The number of allylic oxidation sites excluding steroid dienone is 2. The molecule has 1 aromatic rings. The average molecular weight is 275 g/mol. The van der Waals surface area contributed by atoms with Crippen LogP contribution in [-0.4, -0.2) is 8.07 Å². The van der Waals surface area contributed by atoms with Crippen molar-refractivity contribution in [1.29, 1.82) is 0 Å². The predicted molar refractivity (Wildman–Crippen MR) is 90.9 cm³/mol. The maximum absolute atomic E-state index is 2.48. The molecule has 106 valence electrons. The van der Waals surface area contributed by atoms with Gasteiger partial charge in [0.15, 0.2) is 0 Å². The van der Waals surface area contributed by atoms with E-state index in [-0.39, 0.29) is 0 Å². The zero-order valence-corrected chi connectivity index (χ0v) is 14.4. The molecule has 0 aliphatic rings. The molecule has 0 aliphatic carbocycles. The van der Waals surface area contributed by atoms with E-state index >= 15 is 0 Å². The predicted octanol–water partition coefficient (Wildman–Crippen LogP) is 5.52. The Morgan fingerprint density at radius 2 is 1.68 bits per heavy atom. The number of hydrogen-bond donors (Lipinski definition) is 0. The smallest absolute Gasteiger partial charge is 0.0883 e. The van der Waals surface area contributed by atoms with Crippen molar-refractivity contribution in [3.05, 3.63) is 42.5 Å². The Bertz CT molecular complexity index is 387. The summed E-state index contributed by atoms with van der Waals surface area (Å²) in [6.45, 7) is 12.0. The molecule has 0 saturated carbocycles. The number of benzene rings is 1. The second kappa shape index (κ2) is 7.09. The van der Waals surface area contributed by atoms with Gasteiger partial charge in [0.1, 0.15) is 0 Å². The molecule has 0 N–H and O–H groups in total. The van der Waals surface area contributed by atoms with Crippen LogP contribution in [0.25, 0.3) is 0 Å². The standard InChI is InChI=1S/C18H30Si/c1-6-7-8-9-13-16-18(2,3)19(4,5)17-14-11-10-12-15-17/h10-16H,6-9H2,1-5H3/b16-13+. The molecule has 0 atom stereocenters. The molecule has 0 spiro atoms. The Hall–Kier alpha value is -0.823. The molecule has 0 fully saturated rings. The SMILES string of the molecule is CCCCC/C=C/C(C)(C)[Si](C)(C)c1ccccc1. The van der Waals surface area contributed by atoms with Crippen LogP contribution in [0.4, 0.5) is 0 Å². The van der Waals surface area contributed by atoms with Crippen LogP contribution < -0.4 is 5.19 Å². The minimum absolute atomic E-state index is 0.306. The molecule has 0 unspecified atom stereocenters. The van der Waals surface area contributed by atoms with Gasteiger partial charge in [-0.1, -0.05) is 94.4 Å². The summed E-state index contributed by atoms with van der Waals surface area (Å²) in [5, 5.41) is 1.86. The molecule has 0 aromatic heterocycles. The van der Waals surface area contributed by atoms with Gasteiger partial charge in [0, 0.05) is 0 Å². The minimum atomic E-state index is -1.46.